The van der Waals surface area contributed by atoms with Crippen LogP contribution >= 0.6 is 11.6 Å². The van der Waals surface area contributed by atoms with Gasteiger partial charge in [-0.15, -0.1) is 19.8 Å². The van der Waals surface area contributed by atoms with E-state index in [1.54, 1.807) is 6.08 Å². The van der Waals surface area contributed by atoms with Crippen LogP contribution < -0.4 is 4.74 Å². The standard InChI is InChI=1S/C10H8ClF3O/c1-2-3-7-4-5-8(6-9(7)11)15-10(12,13)14/h2,4-6H,1,3H2. The highest BCUT2D eigenvalue weighted by molar-refractivity contribution is 6.31. The predicted molar refractivity (Wildman–Crippen MR) is 52.0 cm³/mol. The maximum Gasteiger partial charge on any atom is 0.573 e. The SMILES string of the molecule is C=CCc1ccc(OC(F)(F)F)cc1Cl. The fourth-order valence-corrected chi connectivity index (χ4v) is 1.29. The number of hydrogen-bond acceptors (Lipinski definition) is 1. The Balaban J connectivity index is 2.86. The van der Waals surface area contributed by atoms with Crippen LogP contribution in [-0.4, -0.2) is 6.36 Å². The van der Waals surface area contributed by atoms with Crippen LogP contribution in [0.2, 0.25) is 5.02 Å². The fourth-order valence-electron chi connectivity index (χ4n) is 1.05. The highest BCUT2D eigenvalue weighted by atomic mass is 35.5. The number of allylic oxidation sites excluding steroid dienone is 1. The second-order valence-electron chi connectivity index (χ2n) is 2.79. The van der Waals surface area contributed by atoms with E-state index in [2.05, 4.69) is 11.3 Å². The van der Waals surface area contributed by atoms with Crippen LogP contribution in [0.25, 0.3) is 0 Å². The Morgan fingerprint density at radius 2 is 2.07 bits per heavy atom. The molecule has 0 unspecified atom stereocenters. The van der Waals surface area contributed by atoms with Gasteiger partial charge in [-0.25, -0.2) is 0 Å². The van der Waals surface area contributed by atoms with Gasteiger partial charge >= 0.3 is 6.36 Å². The molecule has 0 aliphatic carbocycles. The maximum atomic E-state index is 11.8. The Morgan fingerprint density at radius 3 is 2.53 bits per heavy atom. The van der Waals surface area contributed by atoms with E-state index < -0.39 is 6.36 Å². The third-order valence-corrected chi connectivity index (χ3v) is 1.97. The van der Waals surface area contributed by atoms with Gasteiger partial charge < -0.3 is 4.74 Å². The number of halogens is 4. The lowest BCUT2D eigenvalue weighted by molar-refractivity contribution is -0.274. The van der Waals surface area contributed by atoms with Crippen molar-refractivity contribution in [1.29, 1.82) is 0 Å². The second kappa shape index (κ2) is 4.57. The average Bonchev–Trinajstić information content (AvgIpc) is 2.07. The normalized spacial score (nSPS) is 11.2. The number of benzene rings is 1. The summed E-state index contributed by atoms with van der Waals surface area (Å²) in [6.07, 6.45) is -2.57. The molecule has 82 valence electrons. The van der Waals surface area contributed by atoms with E-state index in [-0.39, 0.29) is 10.8 Å². The monoisotopic (exact) mass is 236 g/mol. The third kappa shape index (κ3) is 3.83. The molecule has 0 N–H and O–H groups in total. The zero-order valence-electron chi connectivity index (χ0n) is 7.64. The molecule has 15 heavy (non-hydrogen) atoms. The first-order valence-electron chi connectivity index (χ1n) is 4.07. The summed E-state index contributed by atoms with van der Waals surface area (Å²) >= 11 is 5.74. The first-order valence-corrected chi connectivity index (χ1v) is 4.45. The average molecular weight is 237 g/mol. The van der Waals surface area contributed by atoms with Gasteiger partial charge in [-0.05, 0) is 24.1 Å². The van der Waals surface area contributed by atoms with Crippen LogP contribution in [0.15, 0.2) is 30.9 Å². The number of rotatable bonds is 3. The number of ether oxygens (including phenoxy) is 1. The van der Waals surface area contributed by atoms with Gasteiger partial charge in [0, 0.05) is 5.02 Å². The molecule has 0 saturated carbocycles. The van der Waals surface area contributed by atoms with Crippen molar-refractivity contribution in [2.24, 2.45) is 0 Å². The van der Waals surface area contributed by atoms with Crippen molar-refractivity contribution < 1.29 is 17.9 Å². The lowest BCUT2D eigenvalue weighted by atomic mass is 10.1. The molecule has 0 heterocycles. The zero-order valence-corrected chi connectivity index (χ0v) is 8.40. The molecule has 0 amide bonds. The van der Waals surface area contributed by atoms with E-state index in [4.69, 9.17) is 11.6 Å². The zero-order chi connectivity index (χ0) is 11.5. The van der Waals surface area contributed by atoms with Crippen molar-refractivity contribution in [3.63, 3.8) is 0 Å². The molecule has 0 spiro atoms. The van der Waals surface area contributed by atoms with Gasteiger partial charge in [0.25, 0.3) is 0 Å². The molecule has 0 aromatic heterocycles. The lowest BCUT2D eigenvalue weighted by Crippen LogP contribution is -2.17. The van der Waals surface area contributed by atoms with Crippen LogP contribution in [0.4, 0.5) is 13.2 Å². The van der Waals surface area contributed by atoms with Crippen molar-refractivity contribution in [3.8, 4) is 5.75 Å². The molecular weight excluding hydrogens is 229 g/mol. The van der Waals surface area contributed by atoms with Crippen LogP contribution in [-0.2, 0) is 6.42 Å². The minimum Gasteiger partial charge on any atom is -0.406 e. The minimum absolute atomic E-state index is 0.233. The minimum atomic E-state index is -4.69. The predicted octanol–water partition coefficient (Wildman–Crippen LogP) is 3.97. The Morgan fingerprint density at radius 1 is 1.40 bits per heavy atom. The van der Waals surface area contributed by atoms with Gasteiger partial charge in [0.05, 0.1) is 0 Å². The van der Waals surface area contributed by atoms with E-state index >= 15 is 0 Å². The second-order valence-corrected chi connectivity index (χ2v) is 3.20. The van der Waals surface area contributed by atoms with Gasteiger partial charge in [-0.3, -0.25) is 0 Å². The molecule has 0 atom stereocenters. The molecule has 1 nitrogen and oxygen atoms in total. The first kappa shape index (κ1) is 11.9. The van der Waals surface area contributed by atoms with Crippen LogP contribution in [0.1, 0.15) is 5.56 Å². The highest BCUT2D eigenvalue weighted by Crippen LogP contribution is 2.27. The van der Waals surface area contributed by atoms with Gasteiger partial charge in [0.15, 0.2) is 0 Å². The van der Waals surface area contributed by atoms with Crippen LogP contribution in [0, 0.1) is 0 Å². The van der Waals surface area contributed by atoms with Gasteiger partial charge in [-0.2, -0.15) is 0 Å². The van der Waals surface area contributed by atoms with E-state index in [9.17, 15) is 13.2 Å². The molecule has 0 aliphatic heterocycles. The summed E-state index contributed by atoms with van der Waals surface area (Å²) in [6.45, 7) is 3.51. The molecule has 1 rings (SSSR count). The van der Waals surface area contributed by atoms with E-state index in [0.717, 1.165) is 6.07 Å². The van der Waals surface area contributed by atoms with Crippen molar-refractivity contribution in [2.75, 3.05) is 0 Å². The Hall–Kier alpha value is -1.16. The molecule has 0 aliphatic rings. The summed E-state index contributed by atoms with van der Waals surface area (Å²) in [5.74, 6) is -0.319. The van der Waals surface area contributed by atoms with E-state index in [1.165, 1.54) is 12.1 Å². The smallest absolute Gasteiger partial charge is 0.406 e. The topological polar surface area (TPSA) is 9.23 Å². The van der Waals surface area contributed by atoms with Crippen molar-refractivity contribution in [1.82, 2.24) is 0 Å². The van der Waals surface area contributed by atoms with Gasteiger partial charge in [0.1, 0.15) is 5.75 Å². The van der Waals surface area contributed by atoms with Crippen molar-refractivity contribution in [2.45, 2.75) is 12.8 Å². The molecule has 1 aromatic rings. The third-order valence-electron chi connectivity index (χ3n) is 1.62. The summed E-state index contributed by atoms with van der Waals surface area (Å²) in [5, 5.41) is 0.233. The highest BCUT2D eigenvalue weighted by Gasteiger charge is 2.31. The quantitative estimate of drug-likeness (QED) is 0.722. The van der Waals surface area contributed by atoms with Crippen molar-refractivity contribution in [3.05, 3.63) is 41.4 Å². The Bertz CT molecular complexity index is 360. The summed E-state index contributed by atoms with van der Waals surface area (Å²) in [4.78, 5) is 0. The van der Waals surface area contributed by atoms with Crippen LogP contribution in [0.3, 0.4) is 0 Å². The summed E-state index contributed by atoms with van der Waals surface area (Å²) in [5.41, 5.74) is 0.709. The molecule has 0 radical (unpaired) electrons. The molecule has 0 fully saturated rings. The first-order chi connectivity index (χ1) is 6.92. The molecule has 1 aromatic carbocycles. The lowest BCUT2D eigenvalue weighted by Gasteiger charge is -2.10. The Kier molecular flexibility index (Phi) is 3.63. The van der Waals surface area contributed by atoms with Crippen LogP contribution in [0.5, 0.6) is 5.75 Å². The molecule has 0 bridgehead atoms. The van der Waals surface area contributed by atoms with Gasteiger partial charge in [0.2, 0.25) is 0 Å². The summed E-state index contributed by atoms with van der Waals surface area (Å²) in [7, 11) is 0. The maximum absolute atomic E-state index is 11.8. The summed E-state index contributed by atoms with van der Waals surface area (Å²) < 4.78 is 39.2. The molecular formula is C10H8ClF3O. The number of alkyl halides is 3. The molecule has 5 heteroatoms. The fraction of sp³-hybridized carbons (Fsp3) is 0.200. The Labute approximate surface area is 90.1 Å². The number of hydrogen-bond donors (Lipinski definition) is 0. The van der Waals surface area contributed by atoms with Crippen molar-refractivity contribution >= 4 is 11.6 Å². The van der Waals surface area contributed by atoms with Gasteiger partial charge in [-0.1, -0.05) is 23.7 Å². The molecule has 0 saturated heterocycles. The van der Waals surface area contributed by atoms with E-state index in [0.29, 0.717) is 12.0 Å². The summed E-state index contributed by atoms with van der Waals surface area (Å²) in [6, 6.07) is 3.83. The largest absolute Gasteiger partial charge is 0.573 e. The van der Waals surface area contributed by atoms with E-state index in [1.807, 2.05) is 0 Å².